The summed E-state index contributed by atoms with van der Waals surface area (Å²) in [5.41, 5.74) is 2.03. The Bertz CT molecular complexity index is 668. The molecule has 0 aromatic carbocycles. The van der Waals surface area contributed by atoms with E-state index in [0.29, 0.717) is 11.9 Å². The summed E-state index contributed by atoms with van der Waals surface area (Å²) in [6, 6.07) is 5.97. The van der Waals surface area contributed by atoms with Crippen LogP contribution < -0.4 is 0 Å². The molecular formula is C14H14N4. The van der Waals surface area contributed by atoms with Gasteiger partial charge in [0.2, 0.25) is 5.95 Å². The summed E-state index contributed by atoms with van der Waals surface area (Å²) in [4.78, 5) is 13.2. The van der Waals surface area contributed by atoms with E-state index in [4.69, 9.17) is 0 Å². The molecule has 4 heteroatoms. The molecule has 0 spiro atoms. The minimum Gasteiger partial charge on any atom is -0.269 e. The van der Waals surface area contributed by atoms with Crippen LogP contribution >= 0.6 is 0 Å². The number of rotatable bonds is 2. The summed E-state index contributed by atoms with van der Waals surface area (Å²) < 4.78 is 1.90. The summed E-state index contributed by atoms with van der Waals surface area (Å²) in [6.07, 6.45) is 7.48. The average molecular weight is 238 g/mol. The van der Waals surface area contributed by atoms with Crippen LogP contribution in [0.1, 0.15) is 25.3 Å². The smallest absolute Gasteiger partial charge is 0.235 e. The quantitative estimate of drug-likeness (QED) is 0.689. The Kier molecular flexibility index (Phi) is 2.55. The summed E-state index contributed by atoms with van der Waals surface area (Å²) in [7, 11) is 0. The molecule has 0 aliphatic rings. The van der Waals surface area contributed by atoms with Crippen molar-refractivity contribution in [3.05, 3.63) is 48.5 Å². The molecule has 0 fully saturated rings. The second-order valence-electron chi connectivity index (χ2n) is 4.57. The van der Waals surface area contributed by atoms with Gasteiger partial charge >= 0.3 is 0 Å². The van der Waals surface area contributed by atoms with Crippen LogP contribution in [0.25, 0.3) is 17.0 Å². The number of hydrogen-bond acceptors (Lipinski definition) is 3. The SMILES string of the molecule is CC(C)c1cnc(-n2ccc3cccnc32)nc1. The maximum atomic E-state index is 4.40. The van der Waals surface area contributed by atoms with Crippen molar-refractivity contribution in [1.82, 2.24) is 19.5 Å². The van der Waals surface area contributed by atoms with Gasteiger partial charge in [0.1, 0.15) is 5.65 Å². The highest BCUT2D eigenvalue weighted by atomic mass is 15.2. The third kappa shape index (κ3) is 1.76. The van der Waals surface area contributed by atoms with Gasteiger partial charge in [-0.15, -0.1) is 0 Å². The predicted octanol–water partition coefficient (Wildman–Crippen LogP) is 2.94. The molecule has 3 heterocycles. The van der Waals surface area contributed by atoms with Crippen LogP contribution in [-0.4, -0.2) is 19.5 Å². The maximum Gasteiger partial charge on any atom is 0.235 e. The predicted molar refractivity (Wildman–Crippen MR) is 70.7 cm³/mol. The van der Waals surface area contributed by atoms with E-state index in [1.54, 1.807) is 6.20 Å². The minimum absolute atomic E-state index is 0.443. The van der Waals surface area contributed by atoms with Crippen molar-refractivity contribution >= 4 is 11.0 Å². The van der Waals surface area contributed by atoms with Gasteiger partial charge in [-0.2, -0.15) is 0 Å². The van der Waals surface area contributed by atoms with E-state index in [1.807, 2.05) is 41.4 Å². The van der Waals surface area contributed by atoms with Gasteiger partial charge in [-0.3, -0.25) is 4.57 Å². The van der Waals surface area contributed by atoms with E-state index in [9.17, 15) is 0 Å². The van der Waals surface area contributed by atoms with Crippen LogP contribution in [0.5, 0.6) is 0 Å². The van der Waals surface area contributed by atoms with E-state index in [1.165, 1.54) is 0 Å². The van der Waals surface area contributed by atoms with Crippen LogP contribution in [0.15, 0.2) is 43.0 Å². The van der Waals surface area contributed by atoms with E-state index < -0.39 is 0 Å². The average Bonchev–Trinajstić information content (AvgIpc) is 2.82. The topological polar surface area (TPSA) is 43.6 Å². The van der Waals surface area contributed by atoms with Gasteiger partial charge in [-0.25, -0.2) is 15.0 Å². The second kappa shape index (κ2) is 4.22. The maximum absolute atomic E-state index is 4.40. The van der Waals surface area contributed by atoms with Crippen molar-refractivity contribution in [3.63, 3.8) is 0 Å². The van der Waals surface area contributed by atoms with Crippen molar-refractivity contribution in [1.29, 1.82) is 0 Å². The Morgan fingerprint density at radius 2 is 1.83 bits per heavy atom. The molecule has 90 valence electrons. The Hall–Kier alpha value is -2.23. The molecule has 0 N–H and O–H groups in total. The standard InChI is InChI=1S/C14H14N4/c1-10(2)12-8-16-14(17-9-12)18-7-5-11-4-3-6-15-13(11)18/h3-10H,1-2H3. The molecule has 0 unspecified atom stereocenters. The van der Waals surface area contributed by atoms with Gasteiger partial charge < -0.3 is 0 Å². The lowest BCUT2D eigenvalue weighted by Gasteiger charge is -2.06. The van der Waals surface area contributed by atoms with Gasteiger partial charge in [-0.05, 0) is 29.7 Å². The normalized spacial score (nSPS) is 11.3. The molecule has 3 rings (SSSR count). The van der Waals surface area contributed by atoms with Gasteiger partial charge in [0.15, 0.2) is 0 Å². The summed E-state index contributed by atoms with van der Waals surface area (Å²) in [5.74, 6) is 1.10. The lowest BCUT2D eigenvalue weighted by Crippen LogP contribution is -2.01. The molecule has 0 saturated carbocycles. The first-order valence-corrected chi connectivity index (χ1v) is 6.00. The van der Waals surface area contributed by atoms with Crippen molar-refractivity contribution in [2.75, 3.05) is 0 Å². The molecule has 0 aliphatic carbocycles. The van der Waals surface area contributed by atoms with Gasteiger partial charge in [0, 0.05) is 30.2 Å². The molecular weight excluding hydrogens is 224 g/mol. The van der Waals surface area contributed by atoms with Gasteiger partial charge in [-0.1, -0.05) is 13.8 Å². The zero-order valence-electron chi connectivity index (χ0n) is 10.4. The molecule has 0 bridgehead atoms. The first-order valence-electron chi connectivity index (χ1n) is 6.00. The zero-order valence-corrected chi connectivity index (χ0v) is 10.4. The summed E-state index contributed by atoms with van der Waals surface area (Å²) >= 11 is 0. The van der Waals surface area contributed by atoms with Crippen LogP contribution in [0.4, 0.5) is 0 Å². The number of aromatic nitrogens is 4. The molecule has 0 aliphatic heterocycles. The van der Waals surface area contributed by atoms with Crippen LogP contribution in [0.2, 0.25) is 0 Å². The Morgan fingerprint density at radius 3 is 2.56 bits per heavy atom. The Labute approximate surface area is 105 Å². The number of hydrogen-bond donors (Lipinski definition) is 0. The molecule has 18 heavy (non-hydrogen) atoms. The van der Waals surface area contributed by atoms with Crippen LogP contribution in [0, 0.1) is 0 Å². The lowest BCUT2D eigenvalue weighted by atomic mass is 10.1. The summed E-state index contributed by atoms with van der Waals surface area (Å²) in [5, 5.41) is 1.09. The van der Waals surface area contributed by atoms with Gasteiger partial charge in [0.05, 0.1) is 0 Å². The number of fused-ring (bicyclic) bond motifs is 1. The zero-order chi connectivity index (χ0) is 12.5. The largest absolute Gasteiger partial charge is 0.269 e. The van der Waals surface area contributed by atoms with Crippen molar-refractivity contribution in [2.45, 2.75) is 19.8 Å². The highest BCUT2D eigenvalue weighted by Gasteiger charge is 2.07. The number of pyridine rings is 1. The fourth-order valence-electron chi connectivity index (χ4n) is 1.88. The molecule has 0 atom stereocenters. The van der Waals surface area contributed by atoms with E-state index in [-0.39, 0.29) is 0 Å². The van der Waals surface area contributed by atoms with Crippen LogP contribution in [-0.2, 0) is 0 Å². The third-order valence-electron chi connectivity index (χ3n) is 2.99. The number of nitrogens with zero attached hydrogens (tertiary/aromatic N) is 4. The second-order valence-corrected chi connectivity index (χ2v) is 4.57. The van der Waals surface area contributed by atoms with E-state index in [0.717, 1.165) is 16.6 Å². The fourth-order valence-corrected chi connectivity index (χ4v) is 1.88. The Balaban J connectivity index is 2.09. The molecule has 0 saturated heterocycles. The molecule has 0 amide bonds. The highest BCUT2D eigenvalue weighted by molar-refractivity contribution is 5.77. The first kappa shape index (κ1) is 10.9. The van der Waals surface area contributed by atoms with E-state index >= 15 is 0 Å². The fraction of sp³-hybridized carbons (Fsp3) is 0.214. The first-order chi connectivity index (χ1) is 8.75. The summed E-state index contributed by atoms with van der Waals surface area (Å²) in [6.45, 7) is 4.26. The Morgan fingerprint density at radius 1 is 1.06 bits per heavy atom. The van der Waals surface area contributed by atoms with Crippen LogP contribution in [0.3, 0.4) is 0 Å². The van der Waals surface area contributed by atoms with Crippen molar-refractivity contribution in [2.24, 2.45) is 0 Å². The third-order valence-corrected chi connectivity index (χ3v) is 2.99. The van der Waals surface area contributed by atoms with Crippen molar-refractivity contribution in [3.8, 4) is 5.95 Å². The lowest BCUT2D eigenvalue weighted by molar-refractivity contribution is 0.831. The molecule has 0 radical (unpaired) electrons. The molecule has 3 aromatic rings. The van der Waals surface area contributed by atoms with E-state index in [2.05, 4.69) is 28.8 Å². The molecule has 4 nitrogen and oxygen atoms in total. The minimum atomic E-state index is 0.443. The monoisotopic (exact) mass is 238 g/mol. The highest BCUT2D eigenvalue weighted by Crippen LogP contribution is 2.17. The molecule has 3 aromatic heterocycles. The van der Waals surface area contributed by atoms with Crippen molar-refractivity contribution < 1.29 is 0 Å². The van der Waals surface area contributed by atoms with Gasteiger partial charge in [0.25, 0.3) is 0 Å².